The molecule has 2 aliphatic heterocycles. The van der Waals surface area contributed by atoms with E-state index in [2.05, 4.69) is 40.4 Å². The number of benzene rings is 1. The quantitative estimate of drug-likeness (QED) is 0.867. The number of fused-ring (bicyclic) bond motifs is 1. The van der Waals surface area contributed by atoms with Crippen molar-refractivity contribution in [1.29, 1.82) is 0 Å². The summed E-state index contributed by atoms with van der Waals surface area (Å²) >= 11 is 0. The Morgan fingerprint density at radius 1 is 1.37 bits per heavy atom. The third-order valence-electron chi connectivity index (χ3n) is 5.00. The van der Waals surface area contributed by atoms with Crippen molar-refractivity contribution < 1.29 is 14.0 Å². The van der Waals surface area contributed by atoms with Crippen molar-refractivity contribution >= 4 is 12.2 Å². The summed E-state index contributed by atoms with van der Waals surface area (Å²) in [5.74, 6) is 2.97. The Balaban J connectivity index is 1.55. The zero-order chi connectivity index (χ0) is 18.8. The third kappa shape index (κ3) is 3.84. The molecular formula is C20H26N4O3. The van der Waals surface area contributed by atoms with Crippen molar-refractivity contribution in [3.05, 3.63) is 35.0 Å². The van der Waals surface area contributed by atoms with Crippen molar-refractivity contribution in [3.8, 4) is 11.5 Å². The van der Waals surface area contributed by atoms with E-state index in [4.69, 9.17) is 14.0 Å². The molecule has 3 heterocycles. The number of rotatable bonds is 5. The van der Waals surface area contributed by atoms with Gasteiger partial charge in [-0.1, -0.05) is 5.16 Å². The highest BCUT2D eigenvalue weighted by Gasteiger charge is 2.25. The van der Waals surface area contributed by atoms with Crippen LogP contribution >= 0.6 is 0 Å². The molecule has 0 spiro atoms. The molecule has 1 aromatic carbocycles. The van der Waals surface area contributed by atoms with Gasteiger partial charge in [-0.05, 0) is 39.1 Å². The summed E-state index contributed by atoms with van der Waals surface area (Å²) in [4.78, 5) is 6.78. The van der Waals surface area contributed by atoms with E-state index in [0.717, 1.165) is 43.1 Å². The van der Waals surface area contributed by atoms with Crippen LogP contribution in [0, 0.1) is 0 Å². The minimum Gasteiger partial charge on any atom is -0.493 e. The van der Waals surface area contributed by atoms with Gasteiger partial charge < -0.3 is 19.3 Å². The lowest BCUT2D eigenvalue weighted by Gasteiger charge is -2.30. The number of nitrogens with one attached hydrogen (secondary N) is 1. The van der Waals surface area contributed by atoms with Crippen LogP contribution in [0.5, 0.6) is 11.5 Å². The van der Waals surface area contributed by atoms with Gasteiger partial charge in [0.2, 0.25) is 0 Å². The second-order valence-electron chi connectivity index (χ2n) is 7.09. The first-order chi connectivity index (χ1) is 13.1. The van der Waals surface area contributed by atoms with Gasteiger partial charge in [0.1, 0.15) is 17.6 Å². The average molecular weight is 370 g/mol. The highest BCUT2D eigenvalue weighted by atomic mass is 16.5. The van der Waals surface area contributed by atoms with Crippen molar-refractivity contribution in [1.82, 2.24) is 20.4 Å². The maximum absolute atomic E-state index is 5.87. The van der Waals surface area contributed by atoms with Gasteiger partial charge in [-0.15, -0.1) is 0 Å². The zero-order valence-electron chi connectivity index (χ0n) is 16.1. The van der Waals surface area contributed by atoms with Crippen LogP contribution in [0.25, 0.3) is 12.2 Å². The van der Waals surface area contributed by atoms with Crippen molar-refractivity contribution in [2.45, 2.75) is 32.4 Å². The lowest BCUT2D eigenvalue weighted by Crippen LogP contribution is -2.44. The monoisotopic (exact) mass is 370 g/mol. The lowest BCUT2D eigenvalue weighted by atomic mass is 10.1. The molecule has 0 radical (unpaired) electrons. The van der Waals surface area contributed by atoms with Crippen molar-refractivity contribution in [2.24, 2.45) is 0 Å². The van der Waals surface area contributed by atoms with E-state index in [-0.39, 0.29) is 12.1 Å². The number of likely N-dealkylation sites (N-methyl/N-ethyl adjacent to an activating group) is 1. The smallest absolute Gasteiger partial charge is 0.250 e. The Bertz CT molecular complexity index is 833. The van der Waals surface area contributed by atoms with Crippen LogP contribution in [0.15, 0.2) is 16.7 Å². The van der Waals surface area contributed by atoms with Gasteiger partial charge in [0, 0.05) is 43.3 Å². The Hall–Kier alpha value is -2.38. The fourth-order valence-corrected chi connectivity index (χ4v) is 3.57. The van der Waals surface area contributed by atoms with E-state index in [1.807, 2.05) is 25.1 Å². The Morgan fingerprint density at radius 3 is 3.07 bits per heavy atom. The number of ether oxygens (including phenoxy) is 2. The fraction of sp³-hybridized carbons (Fsp3) is 0.500. The highest BCUT2D eigenvalue weighted by Crippen LogP contribution is 2.36. The number of hydrogen-bond acceptors (Lipinski definition) is 7. The first-order valence-electron chi connectivity index (χ1n) is 9.53. The Labute approximate surface area is 159 Å². The van der Waals surface area contributed by atoms with E-state index in [9.17, 15) is 0 Å². The summed E-state index contributed by atoms with van der Waals surface area (Å²) in [6.45, 7) is 7.45. The van der Waals surface area contributed by atoms with Gasteiger partial charge in [0.25, 0.3) is 5.89 Å². The Kier molecular flexibility index (Phi) is 5.13. The van der Waals surface area contributed by atoms with Gasteiger partial charge in [0.05, 0.1) is 12.6 Å². The summed E-state index contributed by atoms with van der Waals surface area (Å²) in [7, 11) is 2.08. The second kappa shape index (κ2) is 7.70. The molecule has 0 aliphatic carbocycles. The largest absolute Gasteiger partial charge is 0.493 e. The van der Waals surface area contributed by atoms with E-state index in [1.54, 1.807) is 0 Å². The van der Waals surface area contributed by atoms with Crippen LogP contribution in [0.3, 0.4) is 0 Å². The zero-order valence-corrected chi connectivity index (χ0v) is 16.1. The maximum Gasteiger partial charge on any atom is 0.250 e. The fourth-order valence-electron chi connectivity index (χ4n) is 3.57. The van der Waals surface area contributed by atoms with Crippen molar-refractivity contribution in [2.75, 3.05) is 33.3 Å². The van der Waals surface area contributed by atoms with E-state index in [0.29, 0.717) is 18.3 Å². The normalized spacial score (nSPS) is 22.8. The molecule has 1 fully saturated rings. The molecule has 1 saturated heterocycles. The van der Waals surface area contributed by atoms with Crippen LogP contribution < -0.4 is 14.8 Å². The molecular weight excluding hydrogens is 344 g/mol. The van der Waals surface area contributed by atoms with Crippen LogP contribution in [-0.4, -0.2) is 54.4 Å². The molecule has 2 atom stereocenters. The highest BCUT2D eigenvalue weighted by molar-refractivity contribution is 5.72. The molecule has 7 heteroatoms. The van der Waals surface area contributed by atoms with Crippen LogP contribution in [0.1, 0.15) is 42.7 Å². The summed E-state index contributed by atoms with van der Waals surface area (Å²) in [5.41, 5.74) is 2.14. The van der Waals surface area contributed by atoms with Gasteiger partial charge in [-0.25, -0.2) is 0 Å². The molecule has 1 aromatic heterocycles. The second-order valence-corrected chi connectivity index (χ2v) is 7.09. The summed E-state index contributed by atoms with van der Waals surface area (Å²) in [6, 6.07) is 4.24. The SMILES string of the molecule is CCOc1cc2c(cc1/C=C/c1nc(C3CNCCN3C)no1)OC(C)C2. The first kappa shape index (κ1) is 18.0. The topological polar surface area (TPSA) is 72.7 Å². The summed E-state index contributed by atoms with van der Waals surface area (Å²) in [6.07, 6.45) is 4.89. The van der Waals surface area contributed by atoms with E-state index in [1.165, 1.54) is 5.56 Å². The van der Waals surface area contributed by atoms with Crippen LogP contribution in [0.4, 0.5) is 0 Å². The number of aromatic nitrogens is 2. The number of hydrogen-bond donors (Lipinski definition) is 1. The maximum atomic E-state index is 5.87. The number of nitrogens with zero attached hydrogens (tertiary/aromatic N) is 3. The standard InChI is InChI=1S/C20H26N4O3/c1-4-25-17-11-15-9-13(2)26-18(15)10-14(17)5-6-19-22-20(23-27-19)16-12-21-7-8-24(16)3/h5-6,10-11,13,16,21H,4,7-9,12H2,1-3H3/b6-5+. The predicted octanol–water partition coefficient (Wildman–Crippen LogP) is 2.54. The molecule has 27 heavy (non-hydrogen) atoms. The summed E-state index contributed by atoms with van der Waals surface area (Å²) < 4.78 is 17.1. The molecule has 2 unspecified atom stereocenters. The van der Waals surface area contributed by atoms with Gasteiger partial charge in [-0.2, -0.15) is 4.98 Å². The minimum absolute atomic E-state index is 0.138. The molecule has 0 saturated carbocycles. The van der Waals surface area contributed by atoms with E-state index < -0.39 is 0 Å². The molecule has 4 rings (SSSR count). The molecule has 144 valence electrons. The molecule has 0 bridgehead atoms. The first-order valence-corrected chi connectivity index (χ1v) is 9.53. The van der Waals surface area contributed by atoms with Crippen molar-refractivity contribution in [3.63, 3.8) is 0 Å². The summed E-state index contributed by atoms with van der Waals surface area (Å²) in [5, 5.41) is 7.52. The van der Waals surface area contributed by atoms with Gasteiger partial charge >= 0.3 is 0 Å². The van der Waals surface area contributed by atoms with Gasteiger partial charge in [-0.3, -0.25) is 4.90 Å². The van der Waals surface area contributed by atoms with Gasteiger partial charge in [0.15, 0.2) is 5.82 Å². The van der Waals surface area contributed by atoms with Crippen LogP contribution in [-0.2, 0) is 6.42 Å². The predicted molar refractivity (Wildman–Crippen MR) is 103 cm³/mol. The lowest BCUT2D eigenvalue weighted by molar-refractivity contribution is 0.190. The number of piperazine rings is 1. The molecule has 2 aromatic rings. The molecule has 0 amide bonds. The van der Waals surface area contributed by atoms with E-state index >= 15 is 0 Å². The molecule has 7 nitrogen and oxygen atoms in total. The van der Waals surface area contributed by atoms with Crippen LogP contribution in [0.2, 0.25) is 0 Å². The third-order valence-corrected chi connectivity index (χ3v) is 5.00. The minimum atomic E-state index is 0.138. The average Bonchev–Trinajstić information content (AvgIpc) is 3.26. The Morgan fingerprint density at radius 2 is 2.26 bits per heavy atom. The molecule has 1 N–H and O–H groups in total. The molecule has 2 aliphatic rings.